The third-order valence-corrected chi connectivity index (χ3v) is 6.45. The molecule has 0 spiro atoms. The van der Waals surface area contributed by atoms with Gasteiger partial charge < -0.3 is 10.1 Å². The third kappa shape index (κ3) is 4.84. The van der Waals surface area contributed by atoms with Crippen LogP contribution in [0.4, 0.5) is 5.69 Å². The second-order valence-electron chi connectivity index (χ2n) is 7.90. The van der Waals surface area contributed by atoms with Crippen molar-refractivity contribution < 1.29 is 9.53 Å². The van der Waals surface area contributed by atoms with Gasteiger partial charge in [-0.05, 0) is 39.0 Å². The molecular formula is C25H27N5O3S. The number of rotatable bonds is 8. The fraction of sp³-hybridized carbons (Fsp3) is 0.280. The lowest BCUT2D eigenvalue weighted by atomic mass is 10.2. The molecule has 176 valence electrons. The number of anilines is 1. The van der Waals surface area contributed by atoms with Gasteiger partial charge in [0.05, 0.1) is 25.1 Å². The number of benzene rings is 2. The van der Waals surface area contributed by atoms with Gasteiger partial charge in [-0.25, -0.2) is 4.98 Å². The molecule has 9 heteroatoms. The van der Waals surface area contributed by atoms with E-state index in [0.29, 0.717) is 34.2 Å². The number of thioether (sulfide) groups is 1. The predicted octanol–water partition coefficient (Wildman–Crippen LogP) is 4.02. The molecule has 0 bridgehead atoms. The maximum atomic E-state index is 13.6. The molecule has 4 rings (SSSR count). The summed E-state index contributed by atoms with van der Waals surface area (Å²) in [6.45, 7) is 6.59. The monoisotopic (exact) mass is 477 g/mol. The van der Waals surface area contributed by atoms with Crippen molar-refractivity contribution in [2.75, 3.05) is 18.2 Å². The van der Waals surface area contributed by atoms with Crippen LogP contribution in [0.25, 0.3) is 11.0 Å². The Labute approximate surface area is 202 Å². The minimum atomic E-state index is -0.195. The highest BCUT2D eigenvalue weighted by atomic mass is 32.2. The van der Waals surface area contributed by atoms with Gasteiger partial charge in [0.2, 0.25) is 5.91 Å². The highest BCUT2D eigenvalue weighted by Gasteiger charge is 2.20. The number of hydrogen-bond donors (Lipinski definition) is 1. The lowest BCUT2D eigenvalue weighted by molar-refractivity contribution is -0.113. The van der Waals surface area contributed by atoms with E-state index in [0.717, 1.165) is 16.8 Å². The Bertz CT molecular complexity index is 1390. The van der Waals surface area contributed by atoms with Gasteiger partial charge in [0, 0.05) is 17.8 Å². The van der Waals surface area contributed by atoms with Crippen molar-refractivity contribution in [1.29, 1.82) is 0 Å². The number of carbonyl (C=O) groups excluding carboxylic acids is 1. The van der Waals surface area contributed by atoms with E-state index >= 15 is 0 Å². The topological polar surface area (TPSA) is 91.0 Å². The summed E-state index contributed by atoms with van der Waals surface area (Å²) in [6.07, 6.45) is 0. The molecule has 0 aliphatic rings. The summed E-state index contributed by atoms with van der Waals surface area (Å²) in [5.41, 5.74) is 4.20. The Balaban J connectivity index is 1.69. The van der Waals surface area contributed by atoms with E-state index in [1.54, 1.807) is 16.4 Å². The summed E-state index contributed by atoms with van der Waals surface area (Å²) in [5.74, 6) is 0.620. The molecule has 2 aromatic heterocycles. The molecule has 0 radical (unpaired) electrons. The SMILES string of the molecule is CCn1nc(C)c2nc(SCC(=O)Nc3ccc(C)cc3)n(Cc3ccccc3OC)c(=O)c21. The van der Waals surface area contributed by atoms with E-state index in [4.69, 9.17) is 9.72 Å². The van der Waals surface area contributed by atoms with Gasteiger partial charge in [-0.3, -0.25) is 18.8 Å². The summed E-state index contributed by atoms with van der Waals surface area (Å²) >= 11 is 1.23. The summed E-state index contributed by atoms with van der Waals surface area (Å²) in [6, 6.07) is 15.2. The summed E-state index contributed by atoms with van der Waals surface area (Å²) < 4.78 is 8.75. The molecule has 1 amide bonds. The molecular weight excluding hydrogens is 450 g/mol. The van der Waals surface area contributed by atoms with Gasteiger partial charge in [0.15, 0.2) is 10.7 Å². The zero-order valence-electron chi connectivity index (χ0n) is 19.7. The van der Waals surface area contributed by atoms with E-state index in [-0.39, 0.29) is 23.8 Å². The first kappa shape index (κ1) is 23.6. The molecule has 8 nitrogen and oxygen atoms in total. The van der Waals surface area contributed by atoms with Crippen molar-refractivity contribution in [2.45, 2.75) is 39.0 Å². The fourth-order valence-corrected chi connectivity index (χ4v) is 4.53. The second-order valence-corrected chi connectivity index (χ2v) is 8.84. The third-order valence-electron chi connectivity index (χ3n) is 5.47. The molecule has 0 unspecified atom stereocenters. The van der Waals surface area contributed by atoms with Crippen molar-refractivity contribution in [3.63, 3.8) is 0 Å². The Morgan fingerprint density at radius 3 is 2.56 bits per heavy atom. The maximum absolute atomic E-state index is 13.6. The van der Waals surface area contributed by atoms with Crippen LogP contribution >= 0.6 is 11.8 Å². The van der Waals surface area contributed by atoms with Crippen molar-refractivity contribution >= 4 is 34.4 Å². The Kier molecular flexibility index (Phi) is 7.02. The molecule has 0 saturated carbocycles. The normalized spacial score (nSPS) is 11.1. The maximum Gasteiger partial charge on any atom is 0.280 e. The zero-order valence-corrected chi connectivity index (χ0v) is 20.5. The number of fused-ring (bicyclic) bond motifs is 1. The fourth-order valence-electron chi connectivity index (χ4n) is 3.73. The second kappa shape index (κ2) is 10.1. The Morgan fingerprint density at radius 1 is 1.12 bits per heavy atom. The number of nitrogens with one attached hydrogen (secondary N) is 1. The first-order chi connectivity index (χ1) is 16.4. The minimum Gasteiger partial charge on any atom is -0.496 e. The van der Waals surface area contributed by atoms with Crippen molar-refractivity contribution in [1.82, 2.24) is 19.3 Å². The summed E-state index contributed by atoms with van der Waals surface area (Å²) in [7, 11) is 1.60. The van der Waals surface area contributed by atoms with Crippen molar-refractivity contribution in [2.24, 2.45) is 0 Å². The molecule has 2 heterocycles. The molecule has 1 N–H and O–H groups in total. The lowest BCUT2D eigenvalue weighted by Crippen LogP contribution is -2.26. The molecule has 0 fully saturated rings. The number of methoxy groups -OCH3 is 1. The van der Waals surface area contributed by atoms with Crippen LogP contribution in [0.1, 0.15) is 23.7 Å². The van der Waals surface area contributed by atoms with Crippen LogP contribution in [0, 0.1) is 13.8 Å². The number of aryl methyl sites for hydroxylation is 3. The van der Waals surface area contributed by atoms with Gasteiger partial charge in [0.25, 0.3) is 5.56 Å². The van der Waals surface area contributed by atoms with E-state index in [2.05, 4.69) is 10.4 Å². The number of hydrogen-bond acceptors (Lipinski definition) is 6. The van der Waals surface area contributed by atoms with Crippen LogP contribution in [0.3, 0.4) is 0 Å². The highest BCUT2D eigenvalue weighted by molar-refractivity contribution is 7.99. The lowest BCUT2D eigenvalue weighted by Gasteiger charge is -2.14. The van der Waals surface area contributed by atoms with Gasteiger partial charge >= 0.3 is 0 Å². The van der Waals surface area contributed by atoms with Gasteiger partial charge in [-0.1, -0.05) is 47.7 Å². The zero-order chi connectivity index (χ0) is 24.2. The van der Waals surface area contributed by atoms with E-state index in [1.807, 2.05) is 69.3 Å². The molecule has 34 heavy (non-hydrogen) atoms. The van der Waals surface area contributed by atoms with Crippen molar-refractivity contribution in [3.05, 3.63) is 75.7 Å². The van der Waals surface area contributed by atoms with E-state index in [1.165, 1.54) is 11.8 Å². The quantitative estimate of drug-likeness (QED) is 0.305. The van der Waals surface area contributed by atoms with Crippen LogP contribution < -0.4 is 15.6 Å². The molecule has 4 aromatic rings. The first-order valence-corrected chi connectivity index (χ1v) is 12.0. The number of amides is 1. The van der Waals surface area contributed by atoms with E-state index in [9.17, 15) is 9.59 Å². The Hall–Kier alpha value is -3.59. The van der Waals surface area contributed by atoms with E-state index < -0.39 is 0 Å². The van der Waals surface area contributed by atoms with Crippen LogP contribution in [-0.2, 0) is 17.9 Å². The van der Waals surface area contributed by atoms with Crippen molar-refractivity contribution in [3.8, 4) is 5.75 Å². The summed E-state index contributed by atoms with van der Waals surface area (Å²) in [4.78, 5) is 31.0. The average Bonchev–Trinajstić information content (AvgIpc) is 3.17. The smallest absolute Gasteiger partial charge is 0.280 e. The van der Waals surface area contributed by atoms with Gasteiger partial charge in [0.1, 0.15) is 11.3 Å². The minimum absolute atomic E-state index is 0.110. The molecule has 0 aliphatic heterocycles. The van der Waals surface area contributed by atoms with Gasteiger partial charge in [-0.2, -0.15) is 5.10 Å². The number of nitrogens with zero attached hydrogens (tertiary/aromatic N) is 4. The number of carbonyl (C=O) groups is 1. The van der Waals surface area contributed by atoms with Crippen LogP contribution in [0.2, 0.25) is 0 Å². The average molecular weight is 478 g/mol. The highest BCUT2D eigenvalue weighted by Crippen LogP contribution is 2.24. The number of para-hydroxylation sites is 1. The van der Waals surface area contributed by atoms with Crippen LogP contribution in [-0.4, -0.2) is 38.1 Å². The molecule has 0 atom stereocenters. The number of aromatic nitrogens is 4. The van der Waals surface area contributed by atoms with Crippen LogP contribution in [0.5, 0.6) is 5.75 Å². The summed E-state index contributed by atoms with van der Waals surface area (Å²) in [5, 5.41) is 7.83. The standard InChI is InChI=1S/C25H27N5O3S/c1-5-30-23-22(17(3)28-30)27-25(34-15-21(31)26-19-12-10-16(2)11-13-19)29(24(23)32)14-18-8-6-7-9-20(18)33-4/h6-13H,5,14-15H2,1-4H3,(H,26,31). The van der Waals surface area contributed by atoms with Crippen LogP contribution in [0.15, 0.2) is 58.5 Å². The largest absolute Gasteiger partial charge is 0.496 e. The first-order valence-electron chi connectivity index (χ1n) is 11.0. The molecule has 2 aromatic carbocycles. The number of ether oxygens (including phenoxy) is 1. The molecule has 0 aliphatic carbocycles. The predicted molar refractivity (Wildman–Crippen MR) is 135 cm³/mol. The van der Waals surface area contributed by atoms with Gasteiger partial charge in [-0.15, -0.1) is 0 Å². The Morgan fingerprint density at radius 2 is 1.85 bits per heavy atom. The molecule has 0 saturated heterocycles.